The summed E-state index contributed by atoms with van der Waals surface area (Å²) in [5.41, 5.74) is 0. The summed E-state index contributed by atoms with van der Waals surface area (Å²) in [5, 5.41) is 12.0. The highest BCUT2D eigenvalue weighted by atomic mass is 15.1. The van der Waals surface area contributed by atoms with Crippen molar-refractivity contribution < 1.29 is 0 Å². The van der Waals surface area contributed by atoms with E-state index in [1.807, 2.05) is 6.92 Å². The topological polar surface area (TPSA) is 42.3 Å². The van der Waals surface area contributed by atoms with Crippen molar-refractivity contribution in [2.24, 2.45) is 0 Å². The number of rotatable bonds is 8. The van der Waals surface area contributed by atoms with Gasteiger partial charge in [0.25, 0.3) is 0 Å². The molecule has 15 heavy (non-hydrogen) atoms. The normalized spacial score (nSPS) is 13.1. The molecule has 0 heterocycles. The minimum Gasteiger partial charge on any atom is -0.308 e. The van der Waals surface area contributed by atoms with Crippen LogP contribution in [0, 0.1) is 11.3 Å². The van der Waals surface area contributed by atoms with Gasteiger partial charge in [0.2, 0.25) is 0 Å². The van der Waals surface area contributed by atoms with Gasteiger partial charge in [-0.2, -0.15) is 5.26 Å². The lowest BCUT2D eigenvalue weighted by atomic mass is 10.2. The highest BCUT2D eigenvalue weighted by Gasteiger charge is 2.06. The quantitative estimate of drug-likeness (QED) is 0.631. The molecule has 1 N–H and O–H groups in total. The van der Waals surface area contributed by atoms with E-state index in [0.717, 1.165) is 32.6 Å². The van der Waals surface area contributed by atoms with Crippen LogP contribution in [0.25, 0.3) is 0 Å². The van der Waals surface area contributed by atoms with Gasteiger partial charge in [0.1, 0.15) is 0 Å². The zero-order valence-corrected chi connectivity index (χ0v) is 10.5. The summed E-state index contributed by atoms with van der Waals surface area (Å²) in [5.74, 6) is 0. The number of nitrogens with zero attached hydrogens (tertiary/aromatic N) is 3. The highest BCUT2D eigenvalue weighted by molar-refractivity contribution is 4.89. The summed E-state index contributed by atoms with van der Waals surface area (Å²) in [6.45, 7) is 5.98. The lowest BCUT2D eigenvalue weighted by Gasteiger charge is -2.20. The minimum atomic E-state index is -0.00296. The van der Waals surface area contributed by atoms with E-state index in [-0.39, 0.29) is 6.04 Å². The van der Waals surface area contributed by atoms with Crippen molar-refractivity contribution in [3.05, 3.63) is 0 Å². The molecule has 0 fully saturated rings. The lowest BCUT2D eigenvalue weighted by molar-refractivity contribution is 0.274. The maximum atomic E-state index is 8.85. The SMILES string of the molecule is CCNC(C#N)CCN(C)CCN(C)C. The van der Waals surface area contributed by atoms with Crippen LogP contribution < -0.4 is 5.32 Å². The second-order valence-electron chi connectivity index (χ2n) is 4.13. The average molecular weight is 212 g/mol. The van der Waals surface area contributed by atoms with E-state index in [2.05, 4.69) is 42.3 Å². The summed E-state index contributed by atoms with van der Waals surface area (Å²) in [6.07, 6.45) is 0.897. The van der Waals surface area contributed by atoms with Crippen molar-refractivity contribution in [3.8, 4) is 6.07 Å². The largest absolute Gasteiger partial charge is 0.308 e. The fraction of sp³-hybridized carbons (Fsp3) is 0.909. The lowest BCUT2D eigenvalue weighted by Crippen LogP contribution is -2.34. The van der Waals surface area contributed by atoms with Crippen molar-refractivity contribution >= 4 is 0 Å². The first-order valence-corrected chi connectivity index (χ1v) is 5.56. The van der Waals surface area contributed by atoms with Gasteiger partial charge in [-0.3, -0.25) is 0 Å². The maximum absolute atomic E-state index is 8.85. The summed E-state index contributed by atoms with van der Waals surface area (Å²) in [6, 6.07) is 2.27. The van der Waals surface area contributed by atoms with Gasteiger partial charge in [0, 0.05) is 19.6 Å². The van der Waals surface area contributed by atoms with Crippen LogP contribution in [0.1, 0.15) is 13.3 Å². The molecule has 0 aliphatic carbocycles. The summed E-state index contributed by atoms with van der Waals surface area (Å²) < 4.78 is 0. The summed E-state index contributed by atoms with van der Waals surface area (Å²) in [7, 11) is 6.25. The van der Waals surface area contributed by atoms with Crippen molar-refractivity contribution in [2.45, 2.75) is 19.4 Å². The molecule has 1 unspecified atom stereocenters. The van der Waals surface area contributed by atoms with Gasteiger partial charge in [-0.05, 0) is 34.1 Å². The Morgan fingerprint density at radius 2 is 1.87 bits per heavy atom. The zero-order chi connectivity index (χ0) is 11.7. The van der Waals surface area contributed by atoms with Crippen LogP contribution in [0.3, 0.4) is 0 Å². The minimum absolute atomic E-state index is 0.00296. The molecule has 0 radical (unpaired) electrons. The van der Waals surface area contributed by atoms with E-state index in [9.17, 15) is 0 Å². The fourth-order valence-electron chi connectivity index (χ4n) is 1.29. The number of nitriles is 1. The molecular weight excluding hydrogens is 188 g/mol. The molecule has 0 aliphatic heterocycles. The highest BCUT2D eigenvalue weighted by Crippen LogP contribution is 1.94. The third kappa shape index (κ3) is 8.37. The van der Waals surface area contributed by atoms with E-state index < -0.39 is 0 Å². The molecule has 0 bridgehead atoms. The van der Waals surface area contributed by atoms with E-state index >= 15 is 0 Å². The van der Waals surface area contributed by atoms with Gasteiger partial charge < -0.3 is 15.1 Å². The van der Waals surface area contributed by atoms with Crippen LogP contribution >= 0.6 is 0 Å². The summed E-state index contributed by atoms with van der Waals surface area (Å²) >= 11 is 0. The Kier molecular flexibility index (Phi) is 8.30. The Hall–Kier alpha value is -0.630. The number of likely N-dealkylation sites (N-methyl/N-ethyl adjacent to an activating group) is 2. The first-order valence-electron chi connectivity index (χ1n) is 5.56. The Bertz CT molecular complexity index is 186. The molecule has 4 nitrogen and oxygen atoms in total. The van der Waals surface area contributed by atoms with Crippen LogP contribution in [-0.2, 0) is 0 Å². The second kappa shape index (κ2) is 8.66. The molecule has 0 spiro atoms. The third-order valence-electron chi connectivity index (χ3n) is 2.33. The maximum Gasteiger partial charge on any atom is 0.0965 e. The number of hydrogen-bond acceptors (Lipinski definition) is 4. The van der Waals surface area contributed by atoms with E-state index in [4.69, 9.17) is 5.26 Å². The smallest absolute Gasteiger partial charge is 0.0965 e. The van der Waals surface area contributed by atoms with Gasteiger partial charge in [-0.1, -0.05) is 6.92 Å². The van der Waals surface area contributed by atoms with Gasteiger partial charge >= 0.3 is 0 Å². The van der Waals surface area contributed by atoms with Crippen molar-refractivity contribution in [1.29, 1.82) is 5.26 Å². The molecule has 0 aromatic carbocycles. The molecule has 0 rings (SSSR count). The van der Waals surface area contributed by atoms with Gasteiger partial charge in [0.05, 0.1) is 12.1 Å². The first kappa shape index (κ1) is 14.4. The Labute approximate surface area is 93.9 Å². The van der Waals surface area contributed by atoms with Crippen molar-refractivity contribution in [1.82, 2.24) is 15.1 Å². The molecular formula is C11H24N4. The van der Waals surface area contributed by atoms with Crippen LogP contribution in [0.15, 0.2) is 0 Å². The molecule has 0 aromatic rings. The van der Waals surface area contributed by atoms with E-state index in [0.29, 0.717) is 0 Å². The molecule has 0 aromatic heterocycles. The van der Waals surface area contributed by atoms with Gasteiger partial charge in [0.15, 0.2) is 0 Å². The van der Waals surface area contributed by atoms with Crippen molar-refractivity contribution in [2.75, 3.05) is 47.3 Å². The Morgan fingerprint density at radius 3 is 2.33 bits per heavy atom. The number of nitrogens with one attached hydrogen (secondary N) is 1. The van der Waals surface area contributed by atoms with Gasteiger partial charge in [-0.15, -0.1) is 0 Å². The van der Waals surface area contributed by atoms with Crippen LogP contribution in [0.2, 0.25) is 0 Å². The molecule has 0 saturated heterocycles. The Balaban J connectivity index is 3.60. The summed E-state index contributed by atoms with van der Waals surface area (Å²) in [4.78, 5) is 4.43. The number of hydrogen-bond donors (Lipinski definition) is 1. The molecule has 0 saturated carbocycles. The predicted molar refractivity (Wildman–Crippen MR) is 63.7 cm³/mol. The van der Waals surface area contributed by atoms with E-state index in [1.54, 1.807) is 0 Å². The van der Waals surface area contributed by atoms with Crippen LogP contribution in [-0.4, -0.2) is 63.2 Å². The monoisotopic (exact) mass is 212 g/mol. The molecule has 88 valence electrons. The Morgan fingerprint density at radius 1 is 1.20 bits per heavy atom. The molecule has 0 aliphatic rings. The second-order valence-corrected chi connectivity index (χ2v) is 4.13. The molecule has 1 atom stereocenters. The first-order chi connectivity index (χ1) is 7.10. The fourth-order valence-corrected chi connectivity index (χ4v) is 1.29. The van der Waals surface area contributed by atoms with Crippen LogP contribution in [0.5, 0.6) is 0 Å². The standard InChI is InChI=1S/C11H24N4/c1-5-13-11(10-12)6-7-15(4)9-8-14(2)3/h11,13H,5-9H2,1-4H3. The van der Waals surface area contributed by atoms with Gasteiger partial charge in [-0.25, -0.2) is 0 Å². The third-order valence-corrected chi connectivity index (χ3v) is 2.33. The van der Waals surface area contributed by atoms with Crippen molar-refractivity contribution in [3.63, 3.8) is 0 Å². The molecule has 0 amide bonds. The average Bonchev–Trinajstić information content (AvgIpc) is 2.21. The predicted octanol–water partition coefficient (Wildman–Crippen LogP) is 0.372. The van der Waals surface area contributed by atoms with Crippen LogP contribution in [0.4, 0.5) is 0 Å². The van der Waals surface area contributed by atoms with E-state index in [1.165, 1.54) is 0 Å². The molecule has 4 heteroatoms. The zero-order valence-electron chi connectivity index (χ0n) is 10.5.